The van der Waals surface area contributed by atoms with E-state index in [-0.39, 0.29) is 0 Å². The van der Waals surface area contributed by atoms with Crippen LogP contribution in [-0.4, -0.2) is 81.4 Å². The molecule has 0 radical (unpaired) electrons. The SMILES string of the molecule is CO[C@H]1O[C@H](C)[C@@H](NC(=O)[C@@H](COC(C)=O)OC(C)=O)[C@H](OC(C)=O)[C@@H]1OC. The number of hydrogen-bond donors (Lipinski definition) is 1. The number of nitrogens with one attached hydrogen (secondary N) is 1. The van der Waals surface area contributed by atoms with Crippen LogP contribution < -0.4 is 5.32 Å². The van der Waals surface area contributed by atoms with E-state index in [0.29, 0.717) is 0 Å². The summed E-state index contributed by atoms with van der Waals surface area (Å²) in [7, 11) is 2.79. The van der Waals surface area contributed by atoms with Gasteiger partial charge in [0.15, 0.2) is 12.4 Å². The highest BCUT2D eigenvalue weighted by Crippen LogP contribution is 2.26. The minimum Gasteiger partial charge on any atom is -0.461 e. The molecule has 1 heterocycles. The first-order valence-corrected chi connectivity index (χ1v) is 8.59. The van der Waals surface area contributed by atoms with Crippen LogP contribution in [0.3, 0.4) is 0 Å². The molecule has 160 valence electrons. The van der Waals surface area contributed by atoms with E-state index in [1.54, 1.807) is 6.92 Å². The Balaban J connectivity index is 3.03. The van der Waals surface area contributed by atoms with Gasteiger partial charge in [0, 0.05) is 35.0 Å². The molecule has 0 saturated carbocycles. The maximum Gasteiger partial charge on any atom is 0.303 e. The number of carbonyl (C=O) groups excluding carboxylic acids is 4. The summed E-state index contributed by atoms with van der Waals surface area (Å²) in [5.41, 5.74) is 0. The lowest BCUT2D eigenvalue weighted by Gasteiger charge is -2.44. The van der Waals surface area contributed by atoms with E-state index in [1.165, 1.54) is 21.1 Å². The maximum atomic E-state index is 12.6. The molecule has 0 unspecified atom stereocenters. The van der Waals surface area contributed by atoms with Crippen molar-refractivity contribution in [1.29, 1.82) is 0 Å². The molecule has 0 aromatic carbocycles. The summed E-state index contributed by atoms with van der Waals surface area (Å²) in [4.78, 5) is 46.5. The van der Waals surface area contributed by atoms with Crippen molar-refractivity contribution in [3.8, 4) is 0 Å². The second kappa shape index (κ2) is 10.9. The van der Waals surface area contributed by atoms with Gasteiger partial charge < -0.3 is 33.7 Å². The minimum atomic E-state index is -1.38. The lowest BCUT2D eigenvalue weighted by atomic mass is 9.96. The van der Waals surface area contributed by atoms with Crippen molar-refractivity contribution in [3.05, 3.63) is 0 Å². The number of rotatable bonds is 8. The minimum absolute atomic E-state index is 0.463. The fraction of sp³-hybridized carbons (Fsp3) is 0.765. The Bertz CT molecular complexity index is 580. The van der Waals surface area contributed by atoms with Gasteiger partial charge in [-0.2, -0.15) is 0 Å². The van der Waals surface area contributed by atoms with Crippen molar-refractivity contribution < 1.29 is 47.6 Å². The lowest BCUT2D eigenvalue weighted by molar-refractivity contribution is -0.273. The van der Waals surface area contributed by atoms with Crippen LogP contribution in [-0.2, 0) is 47.6 Å². The van der Waals surface area contributed by atoms with Crippen molar-refractivity contribution in [2.75, 3.05) is 20.8 Å². The van der Waals surface area contributed by atoms with Gasteiger partial charge >= 0.3 is 17.9 Å². The third-order valence-electron chi connectivity index (χ3n) is 3.95. The number of esters is 3. The molecule has 1 aliphatic heterocycles. The molecule has 28 heavy (non-hydrogen) atoms. The summed E-state index contributed by atoms with van der Waals surface area (Å²) in [6.07, 6.45) is -4.62. The Morgan fingerprint density at radius 2 is 1.61 bits per heavy atom. The molecule has 0 bridgehead atoms. The van der Waals surface area contributed by atoms with E-state index in [4.69, 9.17) is 28.4 Å². The molecular weight excluding hydrogens is 378 g/mol. The average molecular weight is 405 g/mol. The van der Waals surface area contributed by atoms with Crippen molar-refractivity contribution in [2.24, 2.45) is 0 Å². The first-order chi connectivity index (χ1) is 13.1. The highest BCUT2D eigenvalue weighted by Gasteiger charge is 2.48. The molecule has 0 spiro atoms. The van der Waals surface area contributed by atoms with Crippen LogP contribution in [0.1, 0.15) is 27.7 Å². The van der Waals surface area contributed by atoms with Crippen LogP contribution >= 0.6 is 0 Å². The predicted molar refractivity (Wildman–Crippen MR) is 91.8 cm³/mol. The Kier molecular flexibility index (Phi) is 9.29. The summed E-state index contributed by atoms with van der Waals surface area (Å²) in [6, 6.07) is -0.844. The van der Waals surface area contributed by atoms with E-state index in [0.717, 1.165) is 13.8 Å². The fourth-order valence-corrected chi connectivity index (χ4v) is 2.78. The Morgan fingerprint density at radius 1 is 0.964 bits per heavy atom. The van der Waals surface area contributed by atoms with E-state index >= 15 is 0 Å². The normalized spacial score (nSPS) is 28.0. The Hall–Kier alpha value is -2.24. The van der Waals surface area contributed by atoms with Gasteiger partial charge in [-0.25, -0.2) is 0 Å². The zero-order valence-electron chi connectivity index (χ0n) is 16.8. The molecule has 1 amide bonds. The monoisotopic (exact) mass is 405 g/mol. The maximum absolute atomic E-state index is 12.6. The van der Waals surface area contributed by atoms with Gasteiger partial charge in [0.2, 0.25) is 6.10 Å². The van der Waals surface area contributed by atoms with E-state index in [9.17, 15) is 19.2 Å². The molecule has 1 rings (SSSR count). The van der Waals surface area contributed by atoms with Crippen LogP contribution in [0.15, 0.2) is 0 Å². The van der Waals surface area contributed by atoms with Crippen LogP contribution in [0, 0.1) is 0 Å². The second-order valence-electron chi connectivity index (χ2n) is 6.15. The molecule has 0 aromatic heterocycles. The highest BCUT2D eigenvalue weighted by atomic mass is 16.7. The topological polar surface area (TPSA) is 136 Å². The quantitative estimate of drug-likeness (QED) is 0.408. The summed E-state index contributed by atoms with van der Waals surface area (Å²) in [5.74, 6) is -2.71. The molecule has 6 atom stereocenters. The fourth-order valence-electron chi connectivity index (χ4n) is 2.78. The van der Waals surface area contributed by atoms with Gasteiger partial charge in [0.25, 0.3) is 5.91 Å². The summed E-state index contributed by atoms with van der Waals surface area (Å²) >= 11 is 0. The van der Waals surface area contributed by atoms with Gasteiger partial charge in [0.05, 0.1) is 12.1 Å². The van der Waals surface area contributed by atoms with E-state index < -0.39 is 67.2 Å². The van der Waals surface area contributed by atoms with Gasteiger partial charge in [-0.3, -0.25) is 19.2 Å². The van der Waals surface area contributed by atoms with Crippen LogP contribution in [0.25, 0.3) is 0 Å². The Morgan fingerprint density at radius 3 is 2.07 bits per heavy atom. The molecule has 11 heteroatoms. The molecule has 0 aliphatic carbocycles. The molecule has 1 N–H and O–H groups in total. The second-order valence-corrected chi connectivity index (χ2v) is 6.15. The van der Waals surface area contributed by atoms with Crippen molar-refractivity contribution in [2.45, 2.75) is 64.4 Å². The van der Waals surface area contributed by atoms with Gasteiger partial charge in [0.1, 0.15) is 12.7 Å². The number of carbonyl (C=O) groups is 4. The highest BCUT2D eigenvalue weighted by molar-refractivity contribution is 5.84. The summed E-state index contributed by atoms with van der Waals surface area (Å²) in [6.45, 7) is 4.67. The van der Waals surface area contributed by atoms with Crippen LogP contribution in [0.4, 0.5) is 0 Å². The first-order valence-electron chi connectivity index (χ1n) is 8.59. The molecule has 11 nitrogen and oxygen atoms in total. The van der Waals surface area contributed by atoms with E-state index in [2.05, 4.69) is 5.32 Å². The summed E-state index contributed by atoms with van der Waals surface area (Å²) in [5, 5.41) is 2.62. The van der Waals surface area contributed by atoms with Gasteiger partial charge in [-0.15, -0.1) is 0 Å². The average Bonchev–Trinajstić information content (AvgIpc) is 2.60. The number of methoxy groups -OCH3 is 2. The molecule has 0 aromatic rings. The molecule has 1 saturated heterocycles. The molecular formula is C17H27NO10. The van der Waals surface area contributed by atoms with Crippen LogP contribution in [0.2, 0.25) is 0 Å². The largest absolute Gasteiger partial charge is 0.461 e. The van der Waals surface area contributed by atoms with Gasteiger partial charge in [-0.05, 0) is 6.92 Å². The van der Waals surface area contributed by atoms with Crippen molar-refractivity contribution >= 4 is 23.8 Å². The van der Waals surface area contributed by atoms with E-state index in [1.807, 2.05) is 0 Å². The number of ether oxygens (including phenoxy) is 6. The molecule has 1 aliphatic rings. The Labute approximate surface area is 162 Å². The summed E-state index contributed by atoms with van der Waals surface area (Å²) < 4.78 is 31.3. The van der Waals surface area contributed by atoms with Crippen LogP contribution in [0.5, 0.6) is 0 Å². The zero-order valence-corrected chi connectivity index (χ0v) is 16.8. The number of hydrogen-bond acceptors (Lipinski definition) is 10. The number of amides is 1. The molecule has 1 fully saturated rings. The predicted octanol–water partition coefficient (Wildman–Crippen LogP) is -0.696. The van der Waals surface area contributed by atoms with Crippen molar-refractivity contribution in [1.82, 2.24) is 5.32 Å². The smallest absolute Gasteiger partial charge is 0.303 e. The third-order valence-corrected chi connectivity index (χ3v) is 3.95. The van der Waals surface area contributed by atoms with Crippen molar-refractivity contribution in [3.63, 3.8) is 0 Å². The standard InChI is InChI=1S/C17H27NO10/c1-8-13(14(28-11(4)21)15(23-5)17(24-6)26-8)18-16(22)12(27-10(3)20)7-25-9(2)19/h8,12-15,17H,7H2,1-6H3,(H,18,22)/t8-,12-,13-,14+,15+,17+/m1/s1. The van der Waals surface area contributed by atoms with Gasteiger partial charge in [-0.1, -0.05) is 0 Å². The zero-order chi connectivity index (χ0) is 21.4. The first kappa shape index (κ1) is 23.8. The lowest BCUT2D eigenvalue weighted by Crippen LogP contribution is -2.65. The third kappa shape index (κ3) is 6.73.